The Balaban J connectivity index is 1.70. The molecule has 0 unspecified atom stereocenters. The Morgan fingerprint density at radius 2 is 1.83 bits per heavy atom. The number of hydrogen-bond acceptors (Lipinski definition) is 6. The summed E-state index contributed by atoms with van der Waals surface area (Å²) in [6.45, 7) is 2.32. The molecular weight excluding hydrogens is 442 g/mol. The average molecular weight is 462 g/mol. The van der Waals surface area contributed by atoms with E-state index in [1.54, 1.807) is 24.3 Å². The normalized spacial score (nSPS) is 10.5. The zero-order valence-electron chi connectivity index (χ0n) is 16.2. The third kappa shape index (κ3) is 6.48. The van der Waals surface area contributed by atoms with Crippen LogP contribution in [-0.4, -0.2) is 35.7 Å². The molecule has 0 bridgehead atoms. The van der Waals surface area contributed by atoms with Gasteiger partial charge in [0.1, 0.15) is 16.4 Å². The molecule has 2 amide bonds. The van der Waals surface area contributed by atoms with Crippen LogP contribution in [0.3, 0.4) is 0 Å². The van der Waals surface area contributed by atoms with Gasteiger partial charge < -0.3 is 15.4 Å². The second-order valence-electron chi connectivity index (χ2n) is 6.06. The van der Waals surface area contributed by atoms with Gasteiger partial charge in [-0.25, -0.2) is 4.98 Å². The van der Waals surface area contributed by atoms with E-state index in [-0.39, 0.29) is 24.2 Å². The first kappa shape index (κ1) is 22.1. The molecular formula is C21H20ClN3O3S2. The van der Waals surface area contributed by atoms with Gasteiger partial charge in [0.25, 0.3) is 5.91 Å². The van der Waals surface area contributed by atoms with Crippen LogP contribution in [0.2, 0.25) is 5.02 Å². The van der Waals surface area contributed by atoms with E-state index in [0.29, 0.717) is 32.4 Å². The molecule has 30 heavy (non-hydrogen) atoms. The van der Waals surface area contributed by atoms with Gasteiger partial charge in [-0.1, -0.05) is 65.0 Å². The molecule has 0 saturated carbocycles. The topological polar surface area (TPSA) is 80.3 Å². The van der Waals surface area contributed by atoms with E-state index in [1.807, 2.05) is 37.3 Å². The van der Waals surface area contributed by atoms with Crippen molar-refractivity contribution in [3.8, 4) is 17.0 Å². The number of nitrogens with one attached hydrogen (secondary N) is 2. The van der Waals surface area contributed by atoms with Crippen molar-refractivity contribution in [3.63, 3.8) is 0 Å². The maximum Gasteiger partial charge on any atom is 0.262 e. The molecule has 0 radical (unpaired) electrons. The lowest BCUT2D eigenvalue weighted by atomic mass is 10.2. The van der Waals surface area contributed by atoms with Gasteiger partial charge >= 0.3 is 0 Å². The van der Waals surface area contributed by atoms with Gasteiger partial charge in [-0.2, -0.15) is 0 Å². The van der Waals surface area contributed by atoms with Gasteiger partial charge in [0, 0.05) is 17.1 Å². The Kier molecular flexibility index (Phi) is 8.12. The number of thiazole rings is 1. The van der Waals surface area contributed by atoms with Crippen molar-refractivity contribution >= 4 is 51.5 Å². The molecule has 156 valence electrons. The van der Waals surface area contributed by atoms with Crippen molar-refractivity contribution in [3.05, 3.63) is 59.6 Å². The summed E-state index contributed by atoms with van der Waals surface area (Å²) in [6, 6.07) is 16.4. The summed E-state index contributed by atoms with van der Waals surface area (Å²) in [7, 11) is 0. The van der Waals surface area contributed by atoms with E-state index < -0.39 is 0 Å². The van der Waals surface area contributed by atoms with Crippen LogP contribution in [0.4, 0.5) is 5.00 Å². The van der Waals surface area contributed by atoms with Crippen molar-refractivity contribution in [2.75, 3.05) is 24.2 Å². The highest BCUT2D eigenvalue weighted by Crippen LogP contribution is 2.37. The SMILES string of the molecule is CCNC(=O)CSc1nc(-c2ccccc2)c(NC(=O)COc2ccc(Cl)cc2)s1. The summed E-state index contributed by atoms with van der Waals surface area (Å²) in [5.74, 6) is 0.468. The van der Waals surface area contributed by atoms with Gasteiger partial charge in [0.05, 0.1) is 5.75 Å². The minimum atomic E-state index is -0.300. The number of aromatic nitrogens is 1. The van der Waals surface area contributed by atoms with E-state index in [1.165, 1.54) is 23.1 Å². The summed E-state index contributed by atoms with van der Waals surface area (Å²) in [5, 5.41) is 6.85. The van der Waals surface area contributed by atoms with Crippen LogP contribution in [0.1, 0.15) is 6.92 Å². The van der Waals surface area contributed by atoms with Crippen LogP contribution in [-0.2, 0) is 9.59 Å². The van der Waals surface area contributed by atoms with Crippen molar-refractivity contribution in [2.45, 2.75) is 11.3 Å². The third-order valence-electron chi connectivity index (χ3n) is 3.79. The average Bonchev–Trinajstić information content (AvgIpc) is 3.15. The fourth-order valence-electron chi connectivity index (χ4n) is 2.46. The molecule has 0 fully saturated rings. The van der Waals surface area contributed by atoms with E-state index in [4.69, 9.17) is 16.3 Å². The van der Waals surface area contributed by atoms with Crippen molar-refractivity contribution in [1.29, 1.82) is 0 Å². The van der Waals surface area contributed by atoms with E-state index in [2.05, 4.69) is 15.6 Å². The molecule has 1 aromatic heterocycles. The molecule has 2 N–H and O–H groups in total. The Morgan fingerprint density at radius 3 is 2.53 bits per heavy atom. The number of halogens is 1. The number of nitrogens with zero attached hydrogens (tertiary/aromatic N) is 1. The first-order valence-electron chi connectivity index (χ1n) is 9.19. The lowest BCUT2D eigenvalue weighted by Gasteiger charge is -2.07. The largest absolute Gasteiger partial charge is 0.484 e. The molecule has 3 rings (SSSR count). The Bertz CT molecular complexity index is 994. The highest BCUT2D eigenvalue weighted by molar-refractivity contribution is 8.01. The summed E-state index contributed by atoms with van der Waals surface area (Å²) in [4.78, 5) is 28.8. The minimum absolute atomic E-state index is 0.0547. The zero-order chi connectivity index (χ0) is 21.3. The maximum absolute atomic E-state index is 12.4. The molecule has 1 heterocycles. The van der Waals surface area contributed by atoms with Crippen LogP contribution < -0.4 is 15.4 Å². The maximum atomic E-state index is 12.4. The molecule has 0 aliphatic heterocycles. The number of amides is 2. The molecule has 6 nitrogen and oxygen atoms in total. The monoisotopic (exact) mass is 461 g/mol. The molecule has 0 aliphatic rings. The van der Waals surface area contributed by atoms with Crippen LogP contribution in [0.25, 0.3) is 11.3 Å². The smallest absolute Gasteiger partial charge is 0.262 e. The molecule has 2 aromatic carbocycles. The summed E-state index contributed by atoms with van der Waals surface area (Å²) in [5.41, 5.74) is 1.55. The van der Waals surface area contributed by atoms with Crippen molar-refractivity contribution < 1.29 is 14.3 Å². The highest BCUT2D eigenvalue weighted by Gasteiger charge is 2.17. The highest BCUT2D eigenvalue weighted by atomic mass is 35.5. The molecule has 0 saturated heterocycles. The first-order chi connectivity index (χ1) is 14.5. The van der Waals surface area contributed by atoms with E-state index in [9.17, 15) is 9.59 Å². The Labute approximate surface area is 188 Å². The second-order valence-corrected chi connectivity index (χ2v) is 8.71. The standard InChI is InChI=1S/C21H20ClN3O3S2/c1-2-23-18(27)13-29-21-25-19(14-6-4-3-5-7-14)20(30-21)24-17(26)12-28-16-10-8-15(22)9-11-16/h3-11H,2,12-13H2,1H3,(H,23,27)(H,24,26). The lowest BCUT2D eigenvalue weighted by Crippen LogP contribution is -2.24. The molecule has 9 heteroatoms. The number of ether oxygens (including phenoxy) is 1. The number of carbonyl (C=O) groups is 2. The van der Waals surface area contributed by atoms with Crippen molar-refractivity contribution in [2.24, 2.45) is 0 Å². The predicted octanol–water partition coefficient (Wildman–Crippen LogP) is 4.71. The van der Waals surface area contributed by atoms with Gasteiger partial charge in [-0.3, -0.25) is 9.59 Å². The summed E-state index contributed by atoms with van der Waals surface area (Å²) >= 11 is 8.53. The lowest BCUT2D eigenvalue weighted by molar-refractivity contribution is -0.119. The van der Waals surface area contributed by atoms with Crippen molar-refractivity contribution in [1.82, 2.24) is 10.3 Å². The number of hydrogen-bond donors (Lipinski definition) is 2. The second kappa shape index (κ2) is 11.0. The van der Waals surface area contributed by atoms with Crippen LogP contribution in [0, 0.1) is 0 Å². The van der Waals surface area contributed by atoms with Crippen LogP contribution >= 0.6 is 34.7 Å². The van der Waals surface area contributed by atoms with E-state index in [0.717, 1.165) is 5.56 Å². The van der Waals surface area contributed by atoms with Crippen LogP contribution in [0.15, 0.2) is 58.9 Å². The molecule has 0 aliphatic carbocycles. The molecule has 0 atom stereocenters. The number of rotatable bonds is 9. The molecule has 0 spiro atoms. The number of anilines is 1. The van der Waals surface area contributed by atoms with Crippen LogP contribution in [0.5, 0.6) is 5.75 Å². The quantitative estimate of drug-likeness (QED) is 0.451. The molecule has 3 aromatic rings. The number of thioether (sulfide) groups is 1. The Hall–Kier alpha value is -2.55. The fourth-order valence-corrected chi connectivity index (χ4v) is 4.49. The number of carbonyl (C=O) groups excluding carboxylic acids is 2. The summed E-state index contributed by atoms with van der Waals surface area (Å²) < 4.78 is 6.21. The first-order valence-corrected chi connectivity index (χ1v) is 11.4. The van der Waals surface area contributed by atoms with Gasteiger partial charge in [0.2, 0.25) is 5.91 Å². The fraction of sp³-hybridized carbons (Fsp3) is 0.190. The third-order valence-corrected chi connectivity index (χ3v) is 6.16. The number of benzene rings is 2. The zero-order valence-corrected chi connectivity index (χ0v) is 18.6. The predicted molar refractivity (Wildman–Crippen MR) is 123 cm³/mol. The Morgan fingerprint density at radius 1 is 1.10 bits per heavy atom. The van der Waals surface area contributed by atoms with Gasteiger partial charge in [0.15, 0.2) is 10.9 Å². The minimum Gasteiger partial charge on any atom is -0.484 e. The van der Waals surface area contributed by atoms with Gasteiger partial charge in [-0.05, 0) is 31.2 Å². The van der Waals surface area contributed by atoms with E-state index >= 15 is 0 Å². The summed E-state index contributed by atoms with van der Waals surface area (Å²) in [6.07, 6.45) is 0. The van der Waals surface area contributed by atoms with Gasteiger partial charge in [-0.15, -0.1) is 0 Å².